The minimum Gasteiger partial charge on any atom is -0.379 e. The van der Waals surface area contributed by atoms with Gasteiger partial charge in [-0.2, -0.15) is 0 Å². The lowest BCUT2D eigenvalue weighted by Gasteiger charge is -2.39. The third kappa shape index (κ3) is 4.14. The van der Waals surface area contributed by atoms with Crippen LogP contribution in [0.1, 0.15) is 50.5 Å². The molecule has 1 saturated heterocycles. The fraction of sp³-hybridized carbons (Fsp3) is 0.632. The van der Waals surface area contributed by atoms with E-state index in [9.17, 15) is 14.3 Å². The molecule has 1 aromatic carbocycles. The van der Waals surface area contributed by atoms with E-state index in [4.69, 9.17) is 0 Å². The highest BCUT2D eigenvalue weighted by Crippen LogP contribution is 2.25. The smallest absolute Gasteiger partial charge is 0.256 e. The van der Waals surface area contributed by atoms with E-state index in [1.807, 2.05) is 0 Å². The second kappa shape index (κ2) is 7.62. The lowest BCUT2D eigenvalue weighted by Crippen LogP contribution is -2.58. The molecule has 4 nitrogen and oxygen atoms in total. The van der Waals surface area contributed by atoms with Gasteiger partial charge in [-0.05, 0) is 43.4 Å². The molecular weight excluding hydrogens is 307 g/mol. The summed E-state index contributed by atoms with van der Waals surface area (Å²) in [5, 5.41) is 14.3. The molecule has 0 aromatic heterocycles. The van der Waals surface area contributed by atoms with Crippen molar-refractivity contribution in [2.75, 3.05) is 13.1 Å². The maximum atomic E-state index is 13.0. The Morgan fingerprint density at radius 1 is 1.17 bits per heavy atom. The van der Waals surface area contributed by atoms with Crippen LogP contribution in [0.3, 0.4) is 0 Å². The van der Waals surface area contributed by atoms with Gasteiger partial charge in [-0.25, -0.2) is 4.39 Å². The fourth-order valence-electron chi connectivity index (χ4n) is 3.81. The highest BCUT2D eigenvalue weighted by Gasteiger charge is 2.42. The number of benzene rings is 1. The second-order valence-corrected chi connectivity index (χ2v) is 7.20. The quantitative estimate of drug-likeness (QED) is 0.870. The Morgan fingerprint density at radius 3 is 2.58 bits per heavy atom. The normalized spacial score (nSPS) is 25.9. The van der Waals surface area contributed by atoms with Gasteiger partial charge in [-0.3, -0.25) is 4.79 Å². The van der Waals surface area contributed by atoms with Gasteiger partial charge in [0.05, 0.1) is 0 Å². The summed E-state index contributed by atoms with van der Waals surface area (Å²) in [6, 6.07) is 6.61. The number of nitrogens with zero attached hydrogens (tertiary/aromatic N) is 1. The van der Waals surface area contributed by atoms with E-state index in [1.165, 1.54) is 31.4 Å². The summed E-state index contributed by atoms with van der Waals surface area (Å²) < 4.78 is 13.0. The third-order valence-electron chi connectivity index (χ3n) is 5.28. The first-order valence-electron chi connectivity index (χ1n) is 9.06. The summed E-state index contributed by atoms with van der Waals surface area (Å²) in [7, 11) is 0. The van der Waals surface area contributed by atoms with Crippen molar-refractivity contribution in [2.24, 2.45) is 0 Å². The maximum absolute atomic E-state index is 13.0. The Hall–Kier alpha value is -1.46. The lowest BCUT2D eigenvalue weighted by molar-refractivity contribution is -0.157. The summed E-state index contributed by atoms with van der Waals surface area (Å²) in [6.45, 7) is 1.39. The number of hydrogen-bond donors (Lipinski definition) is 2. The molecule has 1 saturated carbocycles. The number of carbonyl (C=O) groups excluding carboxylic acids is 1. The van der Waals surface area contributed by atoms with Crippen LogP contribution in [0.2, 0.25) is 0 Å². The van der Waals surface area contributed by atoms with Crippen molar-refractivity contribution in [1.29, 1.82) is 0 Å². The van der Waals surface area contributed by atoms with Crippen molar-refractivity contribution in [3.05, 3.63) is 35.6 Å². The molecular formula is C19H27FN2O2. The first-order chi connectivity index (χ1) is 11.6. The second-order valence-electron chi connectivity index (χ2n) is 7.20. The van der Waals surface area contributed by atoms with Crippen LogP contribution in [0, 0.1) is 5.82 Å². The van der Waals surface area contributed by atoms with E-state index in [0.29, 0.717) is 32.1 Å². The highest BCUT2D eigenvalue weighted by molar-refractivity contribution is 5.86. The van der Waals surface area contributed by atoms with Gasteiger partial charge in [0.1, 0.15) is 5.82 Å². The molecule has 24 heavy (non-hydrogen) atoms. The summed E-state index contributed by atoms with van der Waals surface area (Å²) in [5.74, 6) is -0.488. The molecule has 132 valence electrons. The molecule has 3 rings (SSSR count). The average molecular weight is 334 g/mol. The van der Waals surface area contributed by atoms with Crippen molar-refractivity contribution in [3.63, 3.8) is 0 Å². The fourth-order valence-corrected chi connectivity index (χ4v) is 3.81. The zero-order chi connectivity index (χ0) is 17.0. The van der Waals surface area contributed by atoms with E-state index in [-0.39, 0.29) is 11.7 Å². The van der Waals surface area contributed by atoms with Gasteiger partial charge in [0.2, 0.25) is 0 Å². The Labute approximate surface area is 143 Å². The van der Waals surface area contributed by atoms with Gasteiger partial charge in [-0.15, -0.1) is 0 Å². The summed E-state index contributed by atoms with van der Waals surface area (Å²) in [6.07, 6.45) is 7.28. The highest BCUT2D eigenvalue weighted by atomic mass is 19.1. The number of carbonyl (C=O) groups is 1. The molecule has 1 heterocycles. The minimum absolute atomic E-state index is 0.207. The number of hydrogen-bond acceptors (Lipinski definition) is 3. The number of aliphatic hydroxyl groups is 1. The molecule has 1 aromatic rings. The number of rotatable bonds is 5. The third-order valence-corrected chi connectivity index (χ3v) is 5.28. The molecule has 1 atom stereocenters. The van der Waals surface area contributed by atoms with Crippen molar-refractivity contribution in [2.45, 2.75) is 63.1 Å². The first-order valence-corrected chi connectivity index (χ1v) is 9.06. The number of halogens is 1. The monoisotopic (exact) mass is 334 g/mol. The van der Waals surface area contributed by atoms with Gasteiger partial charge in [0.15, 0.2) is 5.60 Å². The molecule has 1 aliphatic carbocycles. The van der Waals surface area contributed by atoms with Crippen molar-refractivity contribution < 1.29 is 14.3 Å². The predicted molar refractivity (Wildman–Crippen MR) is 90.9 cm³/mol. The molecule has 1 amide bonds. The molecule has 5 heteroatoms. The summed E-state index contributed by atoms with van der Waals surface area (Å²) in [5.41, 5.74) is -0.426. The topological polar surface area (TPSA) is 52.6 Å². The Bertz CT molecular complexity index is 557. The van der Waals surface area contributed by atoms with Crippen LogP contribution < -0.4 is 5.32 Å². The molecule has 0 bridgehead atoms. The van der Waals surface area contributed by atoms with Crippen LogP contribution in [0.25, 0.3) is 0 Å². The summed E-state index contributed by atoms with van der Waals surface area (Å²) >= 11 is 0. The van der Waals surface area contributed by atoms with Gasteiger partial charge in [0, 0.05) is 25.7 Å². The van der Waals surface area contributed by atoms with Gasteiger partial charge >= 0.3 is 0 Å². The van der Waals surface area contributed by atoms with Gasteiger partial charge in [0.25, 0.3) is 5.91 Å². The van der Waals surface area contributed by atoms with E-state index in [2.05, 4.69) is 5.32 Å². The Balaban J connectivity index is 1.59. The largest absolute Gasteiger partial charge is 0.379 e. The zero-order valence-corrected chi connectivity index (χ0v) is 14.1. The van der Waals surface area contributed by atoms with Gasteiger partial charge < -0.3 is 15.3 Å². The van der Waals surface area contributed by atoms with Crippen LogP contribution >= 0.6 is 0 Å². The molecule has 1 aliphatic heterocycles. The van der Waals surface area contributed by atoms with Crippen LogP contribution in [0.4, 0.5) is 4.39 Å². The van der Waals surface area contributed by atoms with E-state index in [1.54, 1.807) is 17.0 Å². The minimum atomic E-state index is -1.31. The van der Waals surface area contributed by atoms with Crippen molar-refractivity contribution in [3.8, 4) is 0 Å². The SMILES string of the molecule is O=C1N(Cc2ccc(F)cc2)CCC[C@@]1(O)CNC1CCCCC1. The zero-order valence-electron chi connectivity index (χ0n) is 14.1. The average Bonchev–Trinajstić information content (AvgIpc) is 2.60. The number of likely N-dealkylation sites (tertiary alicyclic amines) is 1. The van der Waals surface area contributed by atoms with Crippen molar-refractivity contribution >= 4 is 5.91 Å². The molecule has 2 aliphatic rings. The van der Waals surface area contributed by atoms with E-state index < -0.39 is 5.60 Å². The Kier molecular flexibility index (Phi) is 5.51. The lowest BCUT2D eigenvalue weighted by atomic mass is 9.89. The van der Waals surface area contributed by atoms with Crippen LogP contribution in [0.15, 0.2) is 24.3 Å². The molecule has 0 spiro atoms. The predicted octanol–water partition coefficient (Wildman–Crippen LogP) is 2.60. The number of nitrogens with one attached hydrogen (secondary N) is 1. The molecule has 2 N–H and O–H groups in total. The van der Waals surface area contributed by atoms with Crippen LogP contribution in [-0.2, 0) is 11.3 Å². The van der Waals surface area contributed by atoms with Crippen molar-refractivity contribution in [1.82, 2.24) is 10.2 Å². The molecule has 0 radical (unpaired) electrons. The standard InChI is InChI=1S/C19H27FN2O2/c20-16-9-7-15(8-10-16)13-22-12-4-11-19(24,18(22)23)14-21-17-5-2-1-3-6-17/h7-10,17,21,24H,1-6,11-14H2/t19-/m1/s1. The summed E-state index contributed by atoms with van der Waals surface area (Å²) in [4.78, 5) is 14.4. The van der Waals surface area contributed by atoms with E-state index in [0.717, 1.165) is 24.8 Å². The van der Waals surface area contributed by atoms with Gasteiger partial charge in [-0.1, -0.05) is 31.4 Å². The first kappa shape index (κ1) is 17.4. The van der Waals surface area contributed by atoms with E-state index >= 15 is 0 Å². The van der Waals surface area contributed by atoms with Crippen LogP contribution in [0.5, 0.6) is 0 Å². The number of piperidine rings is 1. The molecule has 2 fully saturated rings. The maximum Gasteiger partial charge on any atom is 0.256 e. The number of amides is 1. The Morgan fingerprint density at radius 2 is 1.88 bits per heavy atom. The molecule has 0 unspecified atom stereocenters. The van der Waals surface area contributed by atoms with Crippen LogP contribution in [-0.4, -0.2) is 40.6 Å².